The van der Waals surface area contributed by atoms with E-state index in [2.05, 4.69) is 39.6 Å². The van der Waals surface area contributed by atoms with Gasteiger partial charge < -0.3 is 5.32 Å². The average Bonchev–Trinajstić information content (AvgIpc) is 1.95. The molecule has 0 saturated heterocycles. The maximum atomic E-state index is 3.95. The van der Waals surface area contributed by atoms with Crippen molar-refractivity contribution >= 4 is 0 Å². The van der Waals surface area contributed by atoms with E-state index in [4.69, 9.17) is 0 Å². The third kappa shape index (κ3) is 8.04. The maximum absolute atomic E-state index is 3.95. The first kappa shape index (κ1) is 12.7. The summed E-state index contributed by atoms with van der Waals surface area (Å²) in [6.07, 6.45) is 3.62. The summed E-state index contributed by atoms with van der Waals surface area (Å²) in [5, 5.41) is 3.35. The third-order valence-electron chi connectivity index (χ3n) is 2.25. The molecule has 0 aromatic carbocycles. The Hall–Kier alpha value is -0.300. The van der Waals surface area contributed by atoms with Crippen molar-refractivity contribution in [1.82, 2.24) is 5.32 Å². The molecule has 0 spiro atoms. The summed E-state index contributed by atoms with van der Waals surface area (Å²) in [5.74, 6) is 0. The normalized spacial score (nSPS) is 14.2. The van der Waals surface area contributed by atoms with Crippen molar-refractivity contribution in [3.05, 3.63) is 12.2 Å². The van der Waals surface area contributed by atoms with Crippen molar-refractivity contribution in [2.45, 2.75) is 53.0 Å². The van der Waals surface area contributed by atoms with Gasteiger partial charge in [-0.1, -0.05) is 26.3 Å². The molecule has 0 aromatic heterocycles. The quantitative estimate of drug-likeness (QED) is 0.644. The second-order valence-electron chi connectivity index (χ2n) is 5.25. The Morgan fingerprint density at radius 3 is 2.23 bits per heavy atom. The maximum Gasteiger partial charge on any atom is 0.0101 e. The van der Waals surface area contributed by atoms with Gasteiger partial charge >= 0.3 is 0 Å². The lowest BCUT2D eigenvalue weighted by molar-refractivity contribution is 0.334. The van der Waals surface area contributed by atoms with Crippen LogP contribution in [0.3, 0.4) is 0 Å². The molecule has 0 aliphatic carbocycles. The molecule has 1 unspecified atom stereocenters. The van der Waals surface area contributed by atoms with E-state index >= 15 is 0 Å². The van der Waals surface area contributed by atoms with E-state index in [1.165, 1.54) is 18.4 Å². The van der Waals surface area contributed by atoms with Crippen LogP contribution < -0.4 is 5.32 Å². The Bertz CT molecular complexity index is 153. The molecule has 0 amide bonds. The largest absolute Gasteiger partial charge is 0.317 e. The highest BCUT2D eigenvalue weighted by Crippen LogP contribution is 2.22. The van der Waals surface area contributed by atoms with Crippen molar-refractivity contribution in [2.75, 3.05) is 7.05 Å². The Balaban J connectivity index is 3.79. The van der Waals surface area contributed by atoms with E-state index in [1.807, 2.05) is 7.05 Å². The van der Waals surface area contributed by atoms with Crippen LogP contribution in [0.1, 0.15) is 47.0 Å². The summed E-state index contributed by atoms with van der Waals surface area (Å²) < 4.78 is 0. The third-order valence-corrected chi connectivity index (χ3v) is 2.25. The first-order chi connectivity index (χ1) is 5.85. The summed E-state index contributed by atoms with van der Waals surface area (Å²) in [5.41, 5.74) is 1.72. The van der Waals surface area contributed by atoms with Crippen molar-refractivity contribution in [2.24, 2.45) is 5.41 Å². The molecule has 13 heavy (non-hydrogen) atoms. The highest BCUT2D eigenvalue weighted by molar-refractivity contribution is 4.92. The first-order valence-electron chi connectivity index (χ1n) is 5.17. The summed E-state index contributed by atoms with van der Waals surface area (Å²) >= 11 is 0. The molecule has 0 fully saturated rings. The van der Waals surface area contributed by atoms with Crippen molar-refractivity contribution in [1.29, 1.82) is 0 Å². The van der Waals surface area contributed by atoms with E-state index in [1.54, 1.807) is 0 Å². The van der Waals surface area contributed by atoms with Crippen LogP contribution in [0.25, 0.3) is 0 Å². The van der Waals surface area contributed by atoms with E-state index in [0.717, 1.165) is 6.42 Å². The summed E-state index contributed by atoms with van der Waals surface area (Å²) in [6, 6.07) is 0.608. The van der Waals surface area contributed by atoms with Gasteiger partial charge in [-0.2, -0.15) is 0 Å². The van der Waals surface area contributed by atoms with Crippen LogP contribution >= 0.6 is 0 Å². The van der Waals surface area contributed by atoms with Gasteiger partial charge in [-0.3, -0.25) is 0 Å². The molecule has 0 bridgehead atoms. The van der Waals surface area contributed by atoms with Crippen LogP contribution in [0.5, 0.6) is 0 Å². The molecule has 0 aromatic rings. The van der Waals surface area contributed by atoms with E-state index in [0.29, 0.717) is 11.5 Å². The standard InChI is InChI=1S/C12H25N/c1-10(2)9-11(13-6)7-8-12(3,4)5/h11,13H,1,7-9H2,2-6H3. The predicted octanol–water partition coefficient (Wildman–Crippen LogP) is 3.37. The SMILES string of the molecule is C=C(C)CC(CCC(C)(C)C)NC. The highest BCUT2D eigenvalue weighted by Gasteiger charge is 2.13. The molecule has 78 valence electrons. The first-order valence-corrected chi connectivity index (χ1v) is 5.17. The van der Waals surface area contributed by atoms with E-state index < -0.39 is 0 Å². The van der Waals surface area contributed by atoms with Gasteiger partial charge in [-0.05, 0) is 38.6 Å². The van der Waals surface area contributed by atoms with Crippen LogP contribution in [-0.4, -0.2) is 13.1 Å². The van der Waals surface area contributed by atoms with Gasteiger partial charge in [0.05, 0.1) is 0 Å². The van der Waals surface area contributed by atoms with Crippen molar-refractivity contribution in [3.8, 4) is 0 Å². The zero-order valence-corrected chi connectivity index (χ0v) is 9.91. The summed E-state index contributed by atoms with van der Waals surface area (Å²) in [6.45, 7) is 12.9. The minimum absolute atomic E-state index is 0.449. The fourth-order valence-corrected chi connectivity index (χ4v) is 1.38. The smallest absolute Gasteiger partial charge is 0.0101 e. The number of hydrogen-bond acceptors (Lipinski definition) is 1. The van der Waals surface area contributed by atoms with Crippen molar-refractivity contribution < 1.29 is 0 Å². The van der Waals surface area contributed by atoms with Gasteiger partial charge in [-0.25, -0.2) is 0 Å². The van der Waals surface area contributed by atoms with Gasteiger partial charge in [-0.15, -0.1) is 6.58 Å². The average molecular weight is 183 g/mol. The molecule has 1 atom stereocenters. The zero-order valence-electron chi connectivity index (χ0n) is 9.91. The highest BCUT2D eigenvalue weighted by atomic mass is 14.9. The van der Waals surface area contributed by atoms with Crippen LogP contribution in [-0.2, 0) is 0 Å². The molecular formula is C12H25N. The van der Waals surface area contributed by atoms with E-state index in [9.17, 15) is 0 Å². The summed E-state index contributed by atoms with van der Waals surface area (Å²) in [7, 11) is 2.04. The van der Waals surface area contributed by atoms with Crippen molar-refractivity contribution in [3.63, 3.8) is 0 Å². The molecule has 0 rings (SSSR count). The second kappa shape index (κ2) is 5.43. The fourth-order valence-electron chi connectivity index (χ4n) is 1.38. The lowest BCUT2D eigenvalue weighted by atomic mass is 9.87. The molecule has 1 heteroatoms. The van der Waals surface area contributed by atoms with Crippen LogP contribution in [0, 0.1) is 5.41 Å². The Kier molecular flexibility index (Phi) is 5.31. The van der Waals surface area contributed by atoms with Gasteiger partial charge in [0.1, 0.15) is 0 Å². The fraction of sp³-hybridized carbons (Fsp3) is 0.833. The Morgan fingerprint density at radius 2 is 1.92 bits per heavy atom. The minimum Gasteiger partial charge on any atom is -0.317 e. The molecule has 0 radical (unpaired) electrons. The summed E-state index contributed by atoms with van der Waals surface area (Å²) in [4.78, 5) is 0. The monoisotopic (exact) mass is 183 g/mol. The Labute approximate surface area is 83.6 Å². The number of rotatable bonds is 5. The lowest BCUT2D eigenvalue weighted by Gasteiger charge is -2.23. The predicted molar refractivity (Wildman–Crippen MR) is 61.0 cm³/mol. The van der Waals surface area contributed by atoms with Gasteiger partial charge in [0, 0.05) is 6.04 Å². The van der Waals surface area contributed by atoms with Crippen LogP contribution in [0.2, 0.25) is 0 Å². The minimum atomic E-state index is 0.449. The van der Waals surface area contributed by atoms with Gasteiger partial charge in [0.2, 0.25) is 0 Å². The zero-order chi connectivity index (χ0) is 10.5. The number of hydrogen-bond donors (Lipinski definition) is 1. The second-order valence-corrected chi connectivity index (χ2v) is 5.25. The molecule has 1 nitrogen and oxygen atoms in total. The number of nitrogens with one attached hydrogen (secondary N) is 1. The molecule has 0 heterocycles. The van der Waals surface area contributed by atoms with Gasteiger partial charge in [0.25, 0.3) is 0 Å². The van der Waals surface area contributed by atoms with Crippen LogP contribution in [0.15, 0.2) is 12.2 Å². The van der Waals surface area contributed by atoms with Crippen LogP contribution in [0.4, 0.5) is 0 Å². The van der Waals surface area contributed by atoms with Gasteiger partial charge in [0.15, 0.2) is 0 Å². The lowest BCUT2D eigenvalue weighted by Crippen LogP contribution is -2.26. The topological polar surface area (TPSA) is 12.0 Å². The van der Waals surface area contributed by atoms with E-state index in [-0.39, 0.29) is 0 Å². The molecule has 0 aliphatic heterocycles. The molecule has 0 saturated carbocycles. The molecule has 1 N–H and O–H groups in total. The molecular weight excluding hydrogens is 158 g/mol. The Morgan fingerprint density at radius 1 is 1.38 bits per heavy atom. The molecule has 0 aliphatic rings.